The third kappa shape index (κ3) is 3.58. The molecule has 0 saturated carbocycles. The number of nitrogens with one attached hydrogen (secondary N) is 2. The van der Waals surface area contributed by atoms with E-state index >= 15 is 0 Å². The highest BCUT2D eigenvalue weighted by Gasteiger charge is 2.23. The van der Waals surface area contributed by atoms with E-state index in [1.165, 1.54) is 4.90 Å². The number of carbonyl (C=O) groups is 1. The lowest BCUT2D eigenvalue weighted by molar-refractivity contribution is 0.112. The van der Waals surface area contributed by atoms with E-state index < -0.39 is 0 Å². The van der Waals surface area contributed by atoms with E-state index in [-0.39, 0.29) is 0 Å². The molecule has 1 saturated heterocycles. The molecule has 2 aliphatic heterocycles. The van der Waals surface area contributed by atoms with Crippen molar-refractivity contribution >= 4 is 35.1 Å². The standard InChI is InChI=1S/C20H24N4OS/c21-7-10-24-8-5-15(6-9-24)22-17-11-14(13-25)12-19-20(17)23-16-3-1-2-4-18(16)26-19/h1-4,11-13,15,22-23H,5-10,21H2. The molecule has 0 atom stereocenters. The SMILES string of the molecule is NCCN1CCC(Nc2cc(C=O)cc3c2Nc2ccccc2S3)CC1. The zero-order chi connectivity index (χ0) is 17.9. The molecule has 0 radical (unpaired) electrons. The van der Waals surface area contributed by atoms with Crippen LogP contribution in [0.25, 0.3) is 0 Å². The van der Waals surface area contributed by atoms with E-state index in [0.29, 0.717) is 18.2 Å². The number of para-hydroxylation sites is 1. The van der Waals surface area contributed by atoms with Crippen molar-refractivity contribution in [3.63, 3.8) is 0 Å². The maximum absolute atomic E-state index is 11.4. The van der Waals surface area contributed by atoms with Crippen LogP contribution in [0.1, 0.15) is 23.2 Å². The summed E-state index contributed by atoms with van der Waals surface area (Å²) in [5.41, 5.74) is 9.58. The quantitative estimate of drug-likeness (QED) is 0.599. The summed E-state index contributed by atoms with van der Waals surface area (Å²) >= 11 is 1.71. The van der Waals surface area contributed by atoms with E-state index in [0.717, 1.165) is 60.7 Å². The predicted molar refractivity (Wildman–Crippen MR) is 108 cm³/mol. The van der Waals surface area contributed by atoms with E-state index in [9.17, 15) is 4.79 Å². The van der Waals surface area contributed by atoms with Gasteiger partial charge in [0.25, 0.3) is 0 Å². The number of fused-ring (bicyclic) bond motifs is 2. The second-order valence-corrected chi connectivity index (χ2v) is 7.92. The van der Waals surface area contributed by atoms with Crippen molar-refractivity contribution in [1.82, 2.24) is 4.90 Å². The summed E-state index contributed by atoms with van der Waals surface area (Å²) in [6.45, 7) is 3.82. The number of benzene rings is 2. The van der Waals surface area contributed by atoms with Crippen molar-refractivity contribution < 1.29 is 4.79 Å². The van der Waals surface area contributed by atoms with Gasteiger partial charge in [-0.3, -0.25) is 4.79 Å². The van der Waals surface area contributed by atoms with Gasteiger partial charge < -0.3 is 21.3 Å². The molecule has 2 aliphatic rings. The molecule has 0 unspecified atom stereocenters. The first-order chi connectivity index (χ1) is 12.8. The number of likely N-dealkylation sites (tertiary alicyclic amines) is 1. The number of rotatable bonds is 5. The molecular weight excluding hydrogens is 344 g/mol. The molecule has 2 heterocycles. The Morgan fingerprint density at radius 2 is 2.04 bits per heavy atom. The molecule has 2 aromatic rings. The summed E-state index contributed by atoms with van der Waals surface area (Å²) in [5, 5.41) is 7.24. The lowest BCUT2D eigenvalue weighted by Gasteiger charge is -2.33. The normalized spacial score (nSPS) is 17.1. The molecule has 1 fully saturated rings. The Hall–Kier alpha value is -2.02. The van der Waals surface area contributed by atoms with Crippen LogP contribution in [-0.4, -0.2) is 43.4 Å². The first-order valence-corrected chi connectivity index (χ1v) is 9.94. The van der Waals surface area contributed by atoms with Gasteiger partial charge in [-0.1, -0.05) is 23.9 Å². The Kier molecular flexibility index (Phi) is 5.15. The van der Waals surface area contributed by atoms with Gasteiger partial charge in [-0.2, -0.15) is 0 Å². The molecule has 0 spiro atoms. The van der Waals surface area contributed by atoms with Gasteiger partial charge in [0.15, 0.2) is 0 Å². The van der Waals surface area contributed by atoms with Gasteiger partial charge in [0.2, 0.25) is 0 Å². The minimum absolute atomic E-state index is 0.416. The van der Waals surface area contributed by atoms with Crippen LogP contribution in [0.3, 0.4) is 0 Å². The van der Waals surface area contributed by atoms with Crippen molar-refractivity contribution in [2.75, 3.05) is 36.8 Å². The number of carbonyl (C=O) groups excluding carboxylic acids is 1. The van der Waals surface area contributed by atoms with Gasteiger partial charge in [-0.05, 0) is 37.1 Å². The zero-order valence-electron chi connectivity index (χ0n) is 14.7. The van der Waals surface area contributed by atoms with Crippen LogP contribution in [0.5, 0.6) is 0 Å². The van der Waals surface area contributed by atoms with E-state index in [4.69, 9.17) is 5.73 Å². The monoisotopic (exact) mass is 368 g/mol. The predicted octanol–water partition coefficient (Wildman–Crippen LogP) is 3.54. The van der Waals surface area contributed by atoms with Crippen LogP contribution in [-0.2, 0) is 0 Å². The third-order valence-electron chi connectivity index (χ3n) is 5.02. The van der Waals surface area contributed by atoms with Crippen LogP contribution in [0.4, 0.5) is 17.1 Å². The molecule has 6 heteroatoms. The van der Waals surface area contributed by atoms with Crippen LogP contribution >= 0.6 is 11.8 Å². The number of aldehydes is 1. The summed E-state index contributed by atoms with van der Waals surface area (Å²) in [6.07, 6.45) is 3.10. The second kappa shape index (κ2) is 7.70. The van der Waals surface area contributed by atoms with Crippen molar-refractivity contribution in [2.24, 2.45) is 5.73 Å². The minimum atomic E-state index is 0.416. The smallest absolute Gasteiger partial charge is 0.150 e. The first-order valence-electron chi connectivity index (χ1n) is 9.13. The fourth-order valence-corrected chi connectivity index (χ4v) is 4.71. The van der Waals surface area contributed by atoms with Gasteiger partial charge in [0.05, 0.1) is 17.1 Å². The molecule has 0 aliphatic carbocycles. The first kappa shape index (κ1) is 17.4. The fourth-order valence-electron chi connectivity index (χ4n) is 3.64. The van der Waals surface area contributed by atoms with Gasteiger partial charge >= 0.3 is 0 Å². The van der Waals surface area contributed by atoms with Crippen molar-refractivity contribution in [3.8, 4) is 0 Å². The summed E-state index contributed by atoms with van der Waals surface area (Å²) in [4.78, 5) is 16.1. The van der Waals surface area contributed by atoms with E-state index in [1.54, 1.807) is 11.8 Å². The maximum Gasteiger partial charge on any atom is 0.150 e. The molecule has 0 amide bonds. The average Bonchev–Trinajstić information content (AvgIpc) is 2.68. The molecule has 0 bridgehead atoms. The summed E-state index contributed by atoms with van der Waals surface area (Å²) < 4.78 is 0. The van der Waals surface area contributed by atoms with Crippen molar-refractivity contribution in [1.29, 1.82) is 0 Å². The highest BCUT2D eigenvalue weighted by Crippen LogP contribution is 2.47. The average molecular weight is 369 g/mol. The number of piperidine rings is 1. The van der Waals surface area contributed by atoms with E-state index in [1.807, 2.05) is 24.3 Å². The van der Waals surface area contributed by atoms with E-state index in [2.05, 4.69) is 27.7 Å². The maximum atomic E-state index is 11.4. The summed E-state index contributed by atoms with van der Waals surface area (Å²) in [6, 6.07) is 12.6. The van der Waals surface area contributed by atoms with Crippen LogP contribution in [0, 0.1) is 0 Å². The van der Waals surface area contributed by atoms with Crippen LogP contribution < -0.4 is 16.4 Å². The highest BCUT2D eigenvalue weighted by atomic mass is 32.2. The molecule has 4 rings (SSSR count). The van der Waals surface area contributed by atoms with Gasteiger partial charge in [0.1, 0.15) is 6.29 Å². The molecule has 2 aromatic carbocycles. The van der Waals surface area contributed by atoms with Crippen molar-refractivity contribution in [2.45, 2.75) is 28.7 Å². The number of hydrogen-bond acceptors (Lipinski definition) is 6. The lowest BCUT2D eigenvalue weighted by atomic mass is 10.0. The number of nitrogens with zero attached hydrogens (tertiary/aromatic N) is 1. The zero-order valence-corrected chi connectivity index (χ0v) is 15.5. The summed E-state index contributed by atoms with van der Waals surface area (Å²) in [7, 11) is 0. The number of nitrogens with two attached hydrogens (primary N) is 1. The molecule has 26 heavy (non-hydrogen) atoms. The second-order valence-electron chi connectivity index (χ2n) is 6.83. The van der Waals surface area contributed by atoms with Crippen LogP contribution in [0.2, 0.25) is 0 Å². The summed E-state index contributed by atoms with van der Waals surface area (Å²) in [5.74, 6) is 0. The Morgan fingerprint density at radius 1 is 1.23 bits per heavy atom. The third-order valence-corrected chi connectivity index (χ3v) is 6.14. The molecule has 0 aromatic heterocycles. The lowest BCUT2D eigenvalue weighted by Crippen LogP contribution is -2.41. The van der Waals surface area contributed by atoms with Crippen LogP contribution in [0.15, 0.2) is 46.2 Å². The Morgan fingerprint density at radius 3 is 2.81 bits per heavy atom. The largest absolute Gasteiger partial charge is 0.380 e. The molecule has 4 N–H and O–H groups in total. The van der Waals surface area contributed by atoms with Gasteiger partial charge in [0, 0.05) is 47.6 Å². The number of hydrogen-bond donors (Lipinski definition) is 3. The minimum Gasteiger partial charge on any atom is -0.380 e. The van der Waals surface area contributed by atoms with Crippen molar-refractivity contribution in [3.05, 3.63) is 42.0 Å². The Labute approximate surface area is 158 Å². The highest BCUT2D eigenvalue weighted by molar-refractivity contribution is 7.99. The molecule has 5 nitrogen and oxygen atoms in total. The topological polar surface area (TPSA) is 70.4 Å². The Balaban J connectivity index is 1.56. The fraction of sp³-hybridized carbons (Fsp3) is 0.350. The molecule has 136 valence electrons. The Bertz CT molecular complexity index is 802. The van der Waals surface area contributed by atoms with Gasteiger partial charge in [-0.25, -0.2) is 0 Å². The molecular formula is C20H24N4OS. The number of anilines is 3. The van der Waals surface area contributed by atoms with Gasteiger partial charge in [-0.15, -0.1) is 0 Å².